The third-order valence-corrected chi connectivity index (χ3v) is 24.0. The van der Waals surface area contributed by atoms with E-state index in [0.29, 0.717) is 106 Å². The molecule has 446 valence electrons. The molecule has 0 spiro atoms. The van der Waals surface area contributed by atoms with Gasteiger partial charge in [-0.3, -0.25) is 14.6 Å². The van der Waals surface area contributed by atoms with Gasteiger partial charge in [-0.15, -0.1) is 0 Å². The van der Waals surface area contributed by atoms with Crippen molar-refractivity contribution in [3.8, 4) is 11.5 Å². The summed E-state index contributed by atoms with van der Waals surface area (Å²) in [7, 11) is -11.2. The lowest BCUT2D eigenvalue weighted by molar-refractivity contribution is -0.0436. The summed E-state index contributed by atoms with van der Waals surface area (Å²) in [5.41, 5.74) is -1.45. The number of sulfone groups is 1. The molecule has 18 nitrogen and oxygen atoms in total. The van der Waals surface area contributed by atoms with E-state index in [9.17, 15) is 44.7 Å². The summed E-state index contributed by atoms with van der Waals surface area (Å²) in [5, 5.41) is 13.7. The Morgan fingerprint density at radius 1 is 0.902 bits per heavy atom. The highest BCUT2D eigenvalue weighted by molar-refractivity contribution is 7.92. The highest BCUT2D eigenvalue weighted by Gasteiger charge is 2.48. The smallest absolute Gasteiger partial charge is 0.465 e. The number of allylic oxidation sites excluding steroid dienone is 1. The number of carbonyl (C=O) groups excluding carboxylic acids is 1. The van der Waals surface area contributed by atoms with E-state index >= 15 is 0 Å². The number of hydrogen-bond acceptors (Lipinski definition) is 14. The van der Waals surface area contributed by atoms with Crippen LogP contribution in [-0.2, 0) is 24.3 Å². The minimum atomic E-state index is -6.09. The molecule has 82 heavy (non-hydrogen) atoms. The highest BCUT2D eigenvalue weighted by atomic mass is 35.5. The van der Waals surface area contributed by atoms with Gasteiger partial charge in [0, 0.05) is 114 Å². The Bertz CT molecular complexity index is 3370. The van der Waals surface area contributed by atoms with Gasteiger partial charge >= 0.3 is 11.6 Å². The Morgan fingerprint density at radius 2 is 1.60 bits per heavy atom. The van der Waals surface area contributed by atoms with Crippen LogP contribution in [0.1, 0.15) is 69.3 Å². The molecular weight excluding hydrogens is 1140 g/mol. The topological polar surface area (TPSA) is 210 Å². The SMILES string of the molecule is CN(CCCNc1ccc(S(=O)(=O)NC(=O)c2ccc(N3CCN(CC4=C(c5ccc(Cl)cc5)CCC(C)(CN5CCN(C(=O)O)CC5)C4)CC3)cc2Oc2cnc3[nH]ccc3c2)cc1S(=O)(=O)C(F)(F)F)CCO[Si](C)(C)C(C)(C)C. The molecular formula is C57H75ClF3N9O9S2Si. The Morgan fingerprint density at radius 3 is 2.27 bits per heavy atom. The predicted molar refractivity (Wildman–Crippen MR) is 316 cm³/mol. The number of aromatic nitrogens is 2. The van der Waals surface area contributed by atoms with E-state index in [4.69, 9.17) is 20.8 Å². The molecule has 1 aliphatic carbocycles. The number of sulfonamides is 1. The monoisotopic (exact) mass is 1210 g/mol. The second kappa shape index (κ2) is 25.2. The van der Waals surface area contributed by atoms with Gasteiger partial charge in [-0.05, 0) is 129 Å². The van der Waals surface area contributed by atoms with Crippen LogP contribution in [0, 0.1) is 5.41 Å². The molecule has 1 unspecified atom stereocenters. The minimum absolute atomic E-state index is 0.0264. The molecule has 2 saturated heterocycles. The summed E-state index contributed by atoms with van der Waals surface area (Å²) in [4.78, 5) is 41.4. The number of piperazine rings is 2. The second-order valence-electron chi connectivity index (χ2n) is 23.5. The van der Waals surface area contributed by atoms with Crippen molar-refractivity contribution >= 4 is 79.8 Å². The van der Waals surface area contributed by atoms with Crippen LogP contribution in [0.4, 0.5) is 29.3 Å². The number of halogens is 4. The number of carbonyl (C=O) groups is 2. The van der Waals surface area contributed by atoms with Crippen LogP contribution in [0.5, 0.6) is 11.5 Å². The molecule has 3 aliphatic rings. The van der Waals surface area contributed by atoms with Crippen LogP contribution in [0.3, 0.4) is 0 Å². The maximum Gasteiger partial charge on any atom is 0.501 e. The third kappa shape index (κ3) is 15.1. The highest BCUT2D eigenvalue weighted by Crippen LogP contribution is 2.45. The number of nitrogens with one attached hydrogen (secondary N) is 3. The number of likely N-dealkylation sites (N-methyl/N-ethyl adjacent to an activating group) is 1. The molecule has 8 rings (SSSR count). The number of rotatable bonds is 21. The lowest BCUT2D eigenvalue weighted by atomic mass is 9.71. The number of benzene rings is 3. The van der Waals surface area contributed by atoms with Crippen molar-refractivity contribution < 1.29 is 53.9 Å². The normalized spacial score (nSPS) is 18.3. The second-order valence-corrected chi connectivity index (χ2v) is 32.3. The summed E-state index contributed by atoms with van der Waals surface area (Å²) < 4.78 is 111. The van der Waals surface area contributed by atoms with Crippen molar-refractivity contribution in [1.29, 1.82) is 0 Å². The third-order valence-electron chi connectivity index (χ3n) is 16.3. The van der Waals surface area contributed by atoms with Crippen LogP contribution < -0.4 is 19.7 Å². The first-order valence-electron chi connectivity index (χ1n) is 27.5. The molecule has 2 aromatic heterocycles. The van der Waals surface area contributed by atoms with E-state index in [-0.39, 0.29) is 34.1 Å². The first kappa shape index (κ1) is 62.3. The van der Waals surface area contributed by atoms with Gasteiger partial charge in [0.2, 0.25) is 0 Å². The van der Waals surface area contributed by atoms with E-state index in [0.717, 1.165) is 50.0 Å². The first-order valence-corrected chi connectivity index (χ1v) is 33.7. The zero-order valence-electron chi connectivity index (χ0n) is 47.5. The molecule has 1 atom stereocenters. The Balaban J connectivity index is 0.975. The van der Waals surface area contributed by atoms with Gasteiger partial charge in [-0.25, -0.2) is 31.3 Å². The maximum atomic E-state index is 14.2. The summed E-state index contributed by atoms with van der Waals surface area (Å²) >= 11 is 6.32. The quantitative estimate of drug-likeness (QED) is 0.0398. The number of fused-ring (bicyclic) bond motifs is 1. The van der Waals surface area contributed by atoms with Crippen LogP contribution in [0.25, 0.3) is 16.6 Å². The molecule has 2 aliphatic heterocycles. The zero-order valence-corrected chi connectivity index (χ0v) is 50.9. The van der Waals surface area contributed by atoms with Crippen LogP contribution in [-0.4, -0.2) is 176 Å². The average Bonchev–Trinajstić information content (AvgIpc) is 4.05. The fraction of sp³-hybridized carbons (Fsp3) is 0.491. The lowest BCUT2D eigenvalue weighted by Gasteiger charge is -2.44. The van der Waals surface area contributed by atoms with Crippen molar-refractivity contribution in [2.45, 2.75) is 86.8 Å². The standard InChI is InChI=1S/C57H75ClF3N9O9S2Si/c1-55(2,3)82(6,7)78-32-31-66(5)22-8-20-62-49-16-14-46(35-51(49)80(74,75)57(59,60)61)81(76,77)65-53(71)48-15-13-44(34-50(48)79-45-33-41-18-21-63-52(41)64-37-45)69-27-23-67(24-28-69)38-42-36-56(4,39-68-25-29-70(30-26-68)54(72)73)19-17-47(42)40-9-11-43(58)12-10-40/h9-16,18,21,33-35,37,62H,8,17,19-20,22-32,36,38-39H2,1-7H3,(H,63,64)(H,65,71)(H,72,73). The number of anilines is 2. The van der Waals surface area contributed by atoms with E-state index in [1.807, 2.05) is 28.8 Å². The molecule has 3 aromatic carbocycles. The van der Waals surface area contributed by atoms with Gasteiger partial charge < -0.3 is 39.3 Å². The summed E-state index contributed by atoms with van der Waals surface area (Å²) in [5.74, 6) is -0.998. The van der Waals surface area contributed by atoms with Crippen LogP contribution in [0.2, 0.25) is 23.2 Å². The Hall–Kier alpha value is -5.73. The van der Waals surface area contributed by atoms with E-state index < -0.39 is 61.2 Å². The molecule has 25 heteroatoms. The van der Waals surface area contributed by atoms with Crippen molar-refractivity contribution in [2.75, 3.05) is 109 Å². The number of nitrogens with zero attached hydrogens (tertiary/aromatic N) is 6. The summed E-state index contributed by atoms with van der Waals surface area (Å²) in [6.07, 6.45) is 5.39. The number of hydrogen-bond donors (Lipinski definition) is 4. The Labute approximate surface area is 485 Å². The summed E-state index contributed by atoms with van der Waals surface area (Å²) in [6.45, 7) is 21.2. The average molecular weight is 1210 g/mol. The zero-order chi connectivity index (χ0) is 59.4. The van der Waals surface area contributed by atoms with Crippen LogP contribution >= 0.6 is 11.6 Å². The van der Waals surface area contributed by atoms with E-state index in [1.165, 1.54) is 28.3 Å². The number of alkyl halides is 3. The fourth-order valence-corrected chi connectivity index (χ4v) is 13.7. The maximum absolute atomic E-state index is 14.2. The molecule has 0 saturated carbocycles. The molecule has 2 fully saturated rings. The van der Waals surface area contributed by atoms with Crippen LogP contribution in [0.15, 0.2) is 101 Å². The molecule has 4 heterocycles. The van der Waals surface area contributed by atoms with Gasteiger partial charge in [0.05, 0.1) is 22.3 Å². The van der Waals surface area contributed by atoms with Crippen molar-refractivity contribution in [3.05, 3.63) is 107 Å². The van der Waals surface area contributed by atoms with Crippen molar-refractivity contribution in [3.63, 3.8) is 0 Å². The molecule has 0 bridgehead atoms. The number of H-pyrrole nitrogens is 1. The van der Waals surface area contributed by atoms with Gasteiger partial charge in [-0.1, -0.05) is 57.0 Å². The van der Waals surface area contributed by atoms with E-state index in [1.54, 1.807) is 30.5 Å². The number of carboxylic acid groups (broad SMARTS) is 1. The van der Waals surface area contributed by atoms with Gasteiger partial charge in [-0.2, -0.15) is 13.2 Å². The Kier molecular flexibility index (Phi) is 19.2. The van der Waals surface area contributed by atoms with Gasteiger partial charge in [0.1, 0.15) is 22.0 Å². The van der Waals surface area contributed by atoms with E-state index in [2.05, 4.69) is 82.9 Å². The largest absolute Gasteiger partial charge is 0.501 e. The van der Waals surface area contributed by atoms with Gasteiger partial charge in [0.15, 0.2) is 8.32 Å². The molecule has 2 amide bonds. The number of amides is 2. The predicted octanol–water partition coefficient (Wildman–Crippen LogP) is 10.2. The number of pyridine rings is 1. The first-order chi connectivity index (χ1) is 38.5. The lowest BCUT2D eigenvalue weighted by Crippen LogP contribution is -2.51. The minimum Gasteiger partial charge on any atom is -0.465 e. The molecule has 4 N–H and O–H groups in total. The number of aromatic amines is 1. The fourth-order valence-electron chi connectivity index (χ4n) is 10.5. The van der Waals surface area contributed by atoms with Crippen molar-refractivity contribution in [1.82, 2.24) is 34.3 Å². The molecule has 5 aromatic rings. The molecule has 0 radical (unpaired) electrons. The summed E-state index contributed by atoms with van der Waals surface area (Å²) in [6, 6.07) is 18.4. The number of ether oxygens (including phenoxy) is 1. The van der Waals surface area contributed by atoms with Crippen molar-refractivity contribution in [2.24, 2.45) is 5.41 Å². The van der Waals surface area contributed by atoms with Gasteiger partial charge in [0.25, 0.3) is 25.8 Å².